The van der Waals surface area contributed by atoms with Gasteiger partial charge in [-0.05, 0) is 59.5 Å². The van der Waals surface area contributed by atoms with Crippen LogP contribution < -0.4 is 0 Å². The first kappa shape index (κ1) is 11.4. The van der Waals surface area contributed by atoms with Crippen molar-refractivity contribution in [1.82, 2.24) is 0 Å². The number of halogens is 1. The molecule has 0 aliphatic carbocycles. The minimum Gasteiger partial charge on any atom is -0.353 e. The Kier molecular flexibility index (Phi) is 4.41. The van der Waals surface area contributed by atoms with Crippen molar-refractivity contribution in [2.45, 2.75) is 32.2 Å². The molecule has 1 fully saturated rings. The molecule has 0 N–H and O–H groups in total. The average molecular weight is 318 g/mol. The number of hydrogen-bond donors (Lipinski definition) is 0. The number of rotatable bonds is 3. The van der Waals surface area contributed by atoms with Crippen LogP contribution in [0.2, 0.25) is 0 Å². The van der Waals surface area contributed by atoms with Gasteiger partial charge in [-0.1, -0.05) is 12.1 Å². The molecule has 0 radical (unpaired) electrons. The maximum atomic E-state index is 5.70. The van der Waals surface area contributed by atoms with E-state index in [1.165, 1.54) is 22.0 Å². The Morgan fingerprint density at radius 1 is 1.40 bits per heavy atom. The molecule has 1 aliphatic heterocycles. The van der Waals surface area contributed by atoms with E-state index in [9.17, 15) is 0 Å². The lowest BCUT2D eigenvalue weighted by atomic mass is 10.2. The highest BCUT2D eigenvalue weighted by Gasteiger charge is 2.13. The van der Waals surface area contributed by atoms with Crippen molar-refractivity contribution in [1.29, 1.82) is 0 Å². The topological polar surface area (TPSA) is 18.5 Å². The summed E-state index contributed by atoms with van der Waals surface area (Å²) in [5, 5.41) is 0. The lowest BCUT2D eigenvalue weighted by molar-refractivity contribution is -0.168. The van der Waals surface area contributed by atoms with E-state index in [2.05, 4.69) is 46.9 Å². The molecule has 1 saturated heterocycles. The SMILES string of the molecule is Ic1cccc(COC2CCCCO2)c1. The lowest BCUT2D eigenvalue weighted by Gasteiger charge is -2.22. The van der Waals surface area contributed by atoms with E-state index in [0.717, 1.165) is 13.0 Å². The monoisotopic (exact) mass is 318 g/mol. The smallest absolute Gasteiger partial charge is 0.158 e. The molecule has 1 unspecified atom stereocenters. The van der Waals surface area contributed by atoms with Crippen molar-refractivity contribution >= 4 is 22.6 Å². The second kappa shape index (κ2) is 5.82. The predicted octanol–water partition coefficient (Wildman–Crippen LogP) is 3.33. The van der Waals surface area contributed by atoms with Crippen LogP contribution in [0.25, 0.3) is 0 Å². The van der Waals surface area contributed by atoms with Crippen molar-refractivity contribution in [3.63, 3.8) is 0 Å². The fourth-order valence-corrected chi connectivity index (χ4v) is 2.27. The average Bonchev–Trinajstić information content (AvgIpc) is 2.28. The number of ether oxygens (including phenoxy) is 2. The molecule has 82 valence electrons. The van der Waals surface area contributed by atoms with E-state index < -0.39 is 0 Å². The quantitative estimate of drug-likeness (QED) is 0.796. The van der Waals surface area contributed by atoms with Gasteiger partial charge in [-0.15, -0.1) is 0 Å². The van der Waals surface area contributed by atoms with Gasteiger partial charge in [0.15, 0.2) is 6.29 Å². The Labute approximate surface area is 104 Å². The second-order valence-electron chi connectivity index (χ2n) is 3.74. The summed E-state index contributed by atoms with van der Waals surface area (Å²) in [6.45, 7) is 1.50. The zero-order valence-corrected chi connectivity index (χ0v) is 10.8. The van der Waals surface area contributed by atoms with Gasteiger partial charge in [0.1, 0.15) is 0 Å². The first-order valence-electron chi connectivity index (χ1n) is 5.32. The van der Waals surface area contributed by atoms with E-state index in [1.54, 1.807) is 0 Å². The van der Waals surface area contributed by atoms with Gasteiger partial charge < -0.3 is 9.47 Å². The summed E-state index contributed by atoms with van der Waals surface area (Å²) in [7, 11) is 0. The zero-order chi connectivity index (χ0) is 10.5. The van der Waals surface area contributed by atoms with Gasteiger partial charge in [0.25, 0.3) is 0 Å². The van der Waals surface area contributed by atoms with E-state index in [0.29, 0.717) is 6.61 Å². The van der Waals surface area contributed by atoms with Gasteiger partial charge in [-0.25, -0.2) is 0 Å². The number of hydrogen-bond acceptors (Lipinski definition) is 2. The van der Waals surface area contributed by atoms with Crippen LogP contribution in [0.3, 0.4) is 0 Å². The second-order valence-corrected chi connectivity index (χ2v) is 4.98. The van der Waals surface area contributed by atoms with Crippen LogP contribution in [0.4, 0.5) is 0 Å². The van der Waals surface area contributed by atoms with Gasteiger partial charge in [0.05, 0.1) is 6.61 Å². The standard InChI is InChI=1S/C12H15IO2/c13-11-5-3-4-10(8-11)9-15-12-6-1-2-7-14-12/h3-5,8,12H,1-2,6-7,9H2. The van der Waals surface area contributed by atoms with Gasteiger partial charge in [0.2, 0.25) is 0 Å². The van der Waals surface area contributed by atoms with Crippen molar-refractivity contribution in [2.75, 3.05) is 6.61 Å². The summed E-state index contributed by atoms with van der Waals surface area (Å²) in [6.07, 6.45) is 3.43. The summed E-state index contributed by atoms with van der Waals surface area (Å²) in [5.41, 5.74) is 1.22. The van der Waals surface area contributed by atoms with Crippen LogP contribution in [-0.4, -0.2) is 12.9 Å². The molecule has 15 heavy (non-hydrogen) atoms. The van der Waals surface area contributed by atoms with Gasteiger partial charge in [-0.3, -0.25) is 0 Å². The molecule has 2 nitrogen and oxygen atoms in total. The third-order valence-corrected chi connectivity index (χ3v) is 3.13. The van der Waals surface area contributed by atoms with E-state index >= 15 is 0 Å². The Bertz CT molecular complexity index is 308. The fourth-order valence-electron chi connectivity index (χ4n) is 1.66. The first-order valence-corrected chi connectivity index (χ1v) is 6.40. The third kappa shape index (κ3) is 3.74. The third-order valence-electron chi connectivity index (χ3n) is 2.46. The molecule has 1 aliphatic rings. The van der Waals surface area contributed by atoms with Gasteiger partial charge in [-0.2, -0.15) is 0 Å². The summed E-state index contributed by atoms with van der Waals surface area (Å²) < 4.78 is 12.5. The van der Waals surface area contributed by atoms with Crippen molar-refractivity contribution in [3.8, 4) is 0 Å². The summed E-state index contributed by atoms with van der Waals surface area (Å²) >= 11 is 2.31. The highest BCUT2D eigenvalue weighted by Crippen LogP contribution is 2.16. The van der Waals surface area contributed by atoms with Crippen LogP contribution in [-0.2, 0) is 16.1 Å². The van der Waals surface area contributed by atoms with Gasteiger partial charge >= 0.3 is 0 Å². The lowest BCUT2D eigenvalue weighted by Crippen LogP contribution is -2.21. The van der Waals surface area contributed by atoms with Crippen LogP contribution in [0.1, 0.15) is 24.8 Å². The highest BCUT2D eigenvalue weighted by atomic mass is 127. The molecule has 0 bridgehead atoms. The summed E-state index contributed by atoms with van der Waals surface area (Å²) in [5.74, 6) is 0. The minimum absolute atomic E-state index is 0.0108. The van der Waals surface area contributed by atoms with Gasteiger partial charge in [0, 0.05) is 10.2 Å². The molecule has 1 aromatic rings. The molecule has 0 saturated carbocycles. The Morgan fingerprint density at radius 3 is 3.07 bits per heavy atom. The zero-order valence-electron chi connectivity index (χ0n) is 8.62. The maximum Gasteiger partial charge on any atom is 0.158 e. The normalized spacial score (nSPS) is 21.5. The predicted molar refractivity (Wildman–Crippen MR) is 67.5 cm³/mol. The van der Waals surface area contributed by atoms with Crippen LogP contribution in [0.5, 0.6) is 0 Å². The maximum absolute atomic E-state index is 5.70. The molecular formula is C12H15IO2. The molecule has 1 aromatic carbocycles. The molecule has 0 amide bonds. The van der Waals surface area contributed by atoms with E-state index in [1.807, 2.05) is 0 Å². The molecule has 2 rings (SSSR count). The minimum atomic E-state index is 0.0108. The van der Waals surface area contributed by atoms with Crippen LogP contribution in [0, 0.1) is 3.57 Å². The molecule has 0 aromatic heterocycles. The molecule has 1 heterocycles. The van der Waals surface area contributed by atoms with Crippen molar-refractivity contribution < 1.29 is 9.47 Å². The van der Waals surface area contributed by atoms with Crippen LogP contribution >= 0.6 is 22.6 Å². The Morgan fingerprint density at radius 2 is 2.33 bits per heavy atom. The highest BCUT2D eigenvalue weighted by molar-refractivity contribution is 14.1. The van der Waals surface area contributed by atoms with Crippen molar-refractivity contribution in [3.05, 3.63) is 33.4 Å². The molecular weight excluding hydrogens is 303 g/mol. The summed E-state index contributed by atoms with van der Waals surface area (Å²) in [4.78, 5) is 0. The largest absolute Gasteiger partial charge is 0.353 e. The van der Waals surface area contributed by atoms with Crippen LogP contribution in [0.15, 0.2) is 24.3 Å². The Balaban J connectivity index is 1.81. The Hall–Kier alpha value is -0.130. The first-order chi connectivity index (χ1) is 7.34. The van der Waals surface area contributed by atoms with Crippen molar-refractivity contribution in [2.24, 2.45) is 0 Å². The molecule has 0 spiro atoms. The molecule has 1 atom stereocenters. The van der Waals surface area contributed by atoms with E-state index in [-0.39, 0.29) is 6.29 Å². The summed E-state index contributed by atoms with van der Waals surface area (Å²) in [6, 6.07) is 8.37. The fraction of sp³-hybridized carbons (Fsp3) is 0.500. The molecule has 3 heteroatoms. The van der Waals surface area contributed by atoms with E-state index in [4.69, 9.17) is 9.47 Å². The number of benzene rings is 1.